The number of carbonyl (C=O) groups is 4. The van der Waals surface area contributed by atoms with Crippen LogP contribution >= 0.6 is 0 Å². The van der Waals surface area contributed by atoms with Crippen molar-refractivity contribution in [2.75, 3.05) is 0 Å². The number of fused-ring (bicyclic) bond motifs is 5. The van der Waals surface area contributed by atoms with Crippen molar-refractivity contribution in [2.45, 2.75) is 46.2 Å². The number of aromatic nitrogens is 3. The number of nitrogens with zero attached hydrogens (tertiary/aromatic N) is 3. The second-order valence-electron chi connectivity index (χ2n) is 12.3. The molecule has 5 aromatic rings. The van der Waals surface area contributed by atoms with Crippen molar-refractivity contribution >= 4 is 44.7 Å². The Labute approximate surface area is 274 Å². The number of Topliss-reactive ketones (excluding diaryl/α,β-unsaturated/α-hetero) is 3. The number of allylic oxidation sites excluding steroid dienone is 4. The van der Waals surface area contributed by atoms with Gasteiger partial charge in [0.2, 0.25) is 0 Å². The van der Waals surface area contributed by atoms with Crippen LogP contribution < -0.4 is 10.1 Å². The lowest BCUT2D eigenvalue weighted by atomic mass is 9.70. The summed E-state index contributed by atoms with van der Waals surface area (Å²) in [6.07, 6.45) is 2.79. The average Bonchev–Trinajstić information content (AvgIpc) is 3.63. The topological polar surface area (TPSA) is 161 Å². The molecule has 1 aliphatic heterocycles. The van der Waals surface area contributed by atoms with Gasteiger partial charge in [0.1, 0.15) is 46.2 Å². The Morgan fingerprint density at radius 2 is 1.60 bits per heavy atom. The van der Waals surface area contributed by atoms with Crippen LogP contribution in [-0.2, 0) is 28.1 Å². The maximum atomic E-state index is 14.1. The third-order valence-corrected chi connectivity index (χ3v) is 9.24. The minimum Gasteiger partial charge on any atom is -0.507 e. The van der Waals surface area contributed by atoms with Crippen LogP contribution in [0.25, 0.3) is 21.5 Å². The largest absolute Gasteiger partial charge is 0.507 e. The smallest absolute Gasteiger partial charge is 0.194 e. The normalized spacial score (nSPS) is 18.0. The van der Waals surface area contributed by atoms with E-state index in [2.05, 4.69) is 21.7 Å². The second kappa shape index (κ2) is 11.0. The van der Waals surface area contributed by atoms with Crippen molar-refractivity contribution in [2.24, 2.45) is 0 Å². The minimum atomic E-state index is -1.62. The van der Waals surface area contributed by atoms with Crippen LogP contribution in [-0.4, -0.2) is 48.3 Å². The fraction of sp³-hybridized carbons (Fsp3) is 0.189. The molecule has 11 heteroatoms. The number of hydrogen-bond donors (Lipinski definition) is 3. The number of aromatic hydroxyl groups is 2. The predicted molar refractivity (Wildman–Crippen MR) is 176 cm³/mol. The molecule has 1 atom stereocenters. The number of ketones is 4. The van der Waals surface area contributed by atoms with Gasteiger partial charge in [0.15, 0.2) is 23.1 Å². The molecule has 4 aromatic carbocycles. The summed E-state index contributed by atoms with van der Waals surface area (Å²) in [4.78, 5) is 53.4. The third-order valence-electron chi connectivity index (χ3n) is 9.24. The van der Waals surface area contributed by atoms with E-state index in [0.717, 1.165) is 27.6 Å². The van der Waals surface area contributed by atoms with Gasteiger partial charge in [-0.15, -0.1) is 5.10 Å². The van der Waals surface area contributed by atoms with Gasteiger partial charge in [-0.1, -0.05) is 53.7 Å². The maximum absolute atomic E-state index is 14.1. The van der Waals surface area contributed by atoms with E-state index < -0.39 is 34.3 Å². The average molecular weight is 643 g/mol. The van der Waals surface area contributed by atoms with E-state index in [4.69, 9.17) is 4.74 Å². The molecule has 240 valence electrons. The van der Waals surface area contributed by atoms with Crippen molar-refractivity contribution in [3.63, 3.8) is 0 Å². The van der Waals surface area contributed by atoms with Crippen LogP contribution in [0, 0.1) is 6.92 Å². The first-order chi connectivity index (χ1) is 22.9. The Kier molecular flexibility index (Phi) is 7.01. The summed E-state index contributed by atoms with van der Waals surface area (Å²) in [6, 6.07) is 17.5. The molecule has 48 heavy (non-hydrogen) atoms. The Bertz CT molecular complexity index is 2300. The third kappa shape index (κ3) is 4.49. The first-order valence-electron chi connectivity index (χ1n) is 15.3. The molecule has 7 rings (SSSR count). The van der Waals surface area contributed by atoms with Crippen molar-refractivity contribution in [1.29, 1.82) is 0 Å². The van der Waals surface area contributed by atoms with Gasteiger partial charge < -0.3 is 20.3 Å². The fourth-order valence-corrected chi connectivity index (χ4v) is 6.71. The van der Waals surface area contributed by atoms with Crippen LogP contribution in [0.3, 0.4) is 0 Å². The lowest BCUT2D eigenvalue weighted by Crippen LogP contribution is -2.41. The van der Waals surface area contributed by atoms with E-state index >= 15 is 0 Å². The van der Waals surface area contributed by atoms with E-state index in [1.807, 2.05) is 48.5 Å². The Morgan fingerprint density at radius 1 is 0.958 bits per heavy atom. The summed E-state index contributed by atoms with van der Waals surface area (Å²) in [5, 5.41) is 36.6. The quantitative estimate of drug-likeness (QED) is 0.0939. The summed E-state index contributed by atoms with van der Waals surface area (Å²) < 4.78 is 7.27. The number of carbonyl (C=O) groups excluding carboxylic acids is 4. The lowest BCUT2D eigenvalue weighted by Gasteiger charge is -2.29. The molecular weight excluding hydrogens is 612 g/mol. The standard InChI is InChI=1S/C37H30N4O7/c1-18-33(45)30(20(3)42)35-32(34(18)46)37(4)28(48-35)14-26(43)29(36(37)47)19(2)38-15-23-16-41(40-39-23)17-27(44)31-24-11-7-5-9-21(24)13-22-10-6-8-12-25(22)31/h5-14,16,38,45-46H,15,17H2,1-4H3/b29-19+. The van der Waals surface area contributed by atoms with Crippen molar-refractivity contribution < 1.29 is 34.1 Å². The van der Waals surface area contributed by atoms with Crippen LogP contribution in [0.4, 0.5) is 0 Å². The summed E-state index contributed by atoms with van der Waals surface area (Å²) in [5.41, 5.74) is -0.584. The SMILES string of the molecule is CC(=O)c1c(O)c(C)c(O)c2c1OC1=CC(=O)/C(=C(/C)NCc3cn(CC(=O)c4c5ccccc5cc5ccccc45)nn3)C(=O)C12C. The summed E-state index contributed by atoms with van der Waals surface area (Å²) in [6.45, 7) is 5.79. The van der Waals surface area contributed by atoms with E-state index in [-0.39, 0.29) is 58.3 Å². The highest BCUT2D eigenvalue weighted by atomic mass is 16.5. The zero-order valence-electron chi connectivity index (χ0n) is 26.5. The van der Waals surface area contributed by atoms with E-state index in [0.29, 0.717) is 11.3 Å². The first kappa shape index (κ1) is 30.5. The van der Waals surface area contributed by atoms with E-state index in [1.54, 1.807) is 13.1 Å². The molecule has 2 heterocycles. The Morgan fingerprint density at radius 3 is 2.25 bits per heavy atom. The van der Waals surface area contributed by atoms with Crippen LogP contribution in [0.1, 0.15) is 58.3 Å². The van der Waals surface area contributed by atoms with Gasteiger partial charge in [0.25, 0.3) is 0 Å². The van der Waals surface area contributed by atoms with Gasteiger partial charge in [-0.2, -0.15) is 0 Å². The van der Waals surface area contributed by atoms with Crippen LogP contribution in [0.5, 0.6) is 17.2 Å². The predicted octanol–water partition coefficient (Wildman–Crippen LogP) is 5.14. The van der Waals surface area contributed by atoms with Gasteiger partial charge in [0, 0.05) is 22.9 Å². The van der Waals surface area contributed by atoms with Gasteiger partial charge in [0.05, 0.1) is 23.9 Å². The molecule has 1 unspecified atom stereocenters. The number of phenols is 2. The zero-order chi connectivity index (χ0) is 34.1. The number of benzene rings is 4. The molecule has 2 aliphatic rings. The van der Waals surface area contributed by atoms with Gasteiger partial charge in [-0.3, -0.25) is 19.2 Å². The summed E-state index contributed by atoms with van der Waals surface area (Å²) in [5.74, 6) is -2.94. The Balaban J connectivity index is 1.14. The first-order valence-corrected chi connectivity index (χ1v) is 15.3. The molecule has 0 saturated heterocycles. The van der Waals surface area contributed by atoms with Gasteiger partial charge in [-0.05, 0) is 55.3 Å². The highest BCUT2D eigenvalue weighted by Crippen LogP contribution is 2.57. The molecule has 11 nitrogen and oxygen atoms in total. The fourth-order valence-electron chi connectivity index (χ4n) is 6.71. The molecule has 0 spiro atoms. The second-order valence-corrected chi connectivity index (χ2v) is 12.3. The molecule has 0 saturated carbocycles. The monoisotopic (exact) mass is 642 g/mol. The number of ether oxygens (including phenoxy) is 1. The molecule has 0 fully saturated rings. The zero-order valence-corrected chi connectivity index (χ0v) is 26.5. The number of phenolic OH excluding ortho intramolecular Hbond substituents is 2. The van der Waals surface area contributed by atoms with Crippen molar-refractivity contribution in [3.05, 3.63) is 112 Å². The summed E-state index contributed by atoms with van der Waals surface area (Å²) >= 11 is 0. The number of hydrogen-bond acceptors (Lipinski definition) is 10. The van der Waals surface area contributed by atoms with Gasteiger partial charge in [-0.25, -0.2) is 4.68 Å². The summed E-state index contributed by atoms with van der Waals surface area (Å²) in [7, 11) is 0. The van der Waals surface area contributed by atoms with Gasteiger partial charge >= 0.3 is 0 Å². The number of nitrogens with one attached hydrogen (secondary N) is 1. The maximum Gasteiger partial charge on any atom is 0.194 e. The molecular formula is C37H30N4O7. The van der Waals surface area contributed by atoms with Crippen molar-refractivity contribution in [3.8, 4) is 17.2 Å². The molecule has 1 aromatic heterocycles. The van der Waals surface area contributed by atoms with E-state index in [9.17, 15) is 29.4 Å². The van der Waals surface area contributed by atoms with E-state index in [1.165, 1.54) is 25.5 Å². The highest BCUT2D eigenvalue weighted by molar-refractivity contribution is 6.31. The Hall–Kier alpha value is -6.10. The highest BCUT2D eigenvalue weighted by Gasteiger charge is 2.56. The lowest BCUT2D eigenvalue weighted by molar-refractivity contribution is -0.123. The number of rotatable bonds is 7. The van der Waals surface area contributed by atoms with Crippen LogP contribution in [0.15, 0.2) is 83.9 Å². The molecule has 0 bridgehead atoms. The molecule has 1 aliphatic carbocycles. The molecule has 0 amide bonds. The minimum absolute atomic E-state index is 0.0173. The van der Waals surface area contributed by atoms with Crippen molar-refractivity contribution in [1.82, 2.24) is 20.3 Å². The molecule has 0 radical (unpaired) electrons. The molecule has 3 N–H and O–H groups in total. The van der Waals surface area contributed by atoms with Crippen LogP contribution in [0.2, 0.25) is 0 Å².